The summed E-state index contributed by atoms with van der Waals surface area (Å²) in [4.78, 5) is 14.6. The molecule has 2 aromatic rings. The van der Waals surface area contributed by atoms with Crippen molar-refractivity contribution in [2.45, 2.75) is 64.5 Å². The van der Waals surface area contributed by atoms with E-state index in [-0.39, 0.29) is 11.7 Å². The highest BCUT2D eigenvalue weighted by molar-refractivity contribution is 5.86. The molecule has 4 nitrogen and oxygen atoms in total. The number of benzene rings is 1. The molecule has 0 amide bonds. The number of hydrogen-bond acceptors (Lipinski definition) is 3. The van der Waals surface area contributed by atoms with Gasteiger partial charge in [-0.2, -0.15) is 0 Å². The molecule has 0 aliphatic heterocycles. The van der Waals surface area contributed by atoms with Crippen molar-refractivity contribution in [2.24, 2.45) is 0 Å². The Morgan fingerprint density at radius 3 is 2.71 bits per heavy atom. The van der Waals surface area contributed by atoms with Gasteiger partial charge in [0.05, 0.1) is 6.10 Å². The molecule has 1 heterocycles. The summed E-state index contributed by atoms with van der Waals surface area (Å²) >= 11 is 0. The lowest BCUT2D eigenvalue weighted by Gasteiger charge is -2.30. The minimum atomic E-state index is -0.0409. The number of pyridine rings is 1. The van der Waals surface area contributed by atoms with Crippen LogP contribution in [0.3, 0.4) is 0 Å². The van der Waals surface area contributed by atoms with Crippen LogP contribution in [0.5, 0.6) is 5.75 Å². The first-order valence-corrected chi connectivity index (χ1v) is 9.20. The van der Waals surface area contributed by atoms with Crippen molar-refractivity contribution >= 4 is 10.8 Å². The number of aryl methyl sites for hydroxylation is 1. The van der Waals surface area contributed by atoms with E-state index in [0.717, 1.165) is 41.5 Å². The second kappa shape index (κ2) is 7.84. The molecule has 3 rings (SSSR count). The minimum Gasteiger partial charge on any atom is -0.490 e. The van der Waals surface area contributed by atoms with Crippen LogP contribution in [-0.4, -0.2) is 23.7 Å². The molecule has 0 bridgehead atoms. The third kappa shape index (κ3) is 3.81. The molecule has 24 heavy (non-hydrogen) atoms. The fraction of sp³-hybridized carbons (Fsp3) is 0.550. The third-order valence-electron chi connectivity index (χ3n) is 5.11. The predicted molar refractivity (Wildman–Crippen MR) is 98.9 cm³/mol. The van der Waals surface area contributed by atoms with Gasteiger partial charge in [-0.05, 0) is 74.7 Å². The first-order chi connectivity index (χ1) is 11.7. The zero-order valence-electron chi connectivity index (χ0n) is 14.7. The summed E-state index contributed by atoms with van der Waals surface area (Å²) in [5.41, 5.74) is 1.02. The van der Waals surface area contributed by atoms with Crippen molar-refractivity contribution in [2.75, 3.05) is 6.54 Å². The molecule has 0 unspecified atom stereocenters. The number of nitrogens with one attached hydrogen (secondary N) is 2. The van der Waals surface area contributed by atoms with Gasteiger partial charge in [-0.25, -0.2) is 0 Å². The number of hydrogen-bond donors (Lipinski definition) is 2. The predicted octanol–water partition coefficient (Wildman–Crippen LogP) is 3.92. The maximum absolute atomic E-state index is 11.9. The normalized spacial score (nSPS) is 21.1. The molecule has 130 valence electrons. The lowest BCUT2D eigenvalue weighted by atomic mass is 9.92. The monoisotopic (exact) mass is 328 g/mol. The van der Waals surface area contributed by atoms with Gasteiger partial charge >= 0.3 is 0 Å². The van der Waals surface area contributed by atoms with Gasteiger partial charge in [0, 0.05) is 17.6 Å². The van der Waals surface area contributed by atoms with E-state index >= 15 is 0 Å². The van der Waals surface area contributed by atoms with Gasteiger partial charge in [0.1, 0.15) is 5.75 Å². The van der Waals surface area contributed by atoms with Gasteiger partial charge in [-0.15, -0.1) is 0 Å². The van der Waals surface area contributed by atoms with E-state index < -0.39 is 0 Å². The highest BCUT2D eigenvalue weighted by atomic mass is 16.5. The Hall–Kier alpha value is -1.81. The maximum atomic E-state index is 11.9. The molecule has 1 fully saturated rings. The Morgan fingerprint density at radius 2 is 1.96 bits per heavy atom. The molecular formula is C20H28N2O2. The molecule has 0 saturated heterocycles. The van der Waals surface area contributed by atoms with Crippen LogP contribution in [-0.2, 0) is 0 Å². The highest BCUT2D eigenvalue weighted by Gasteiger charge is 2.22. The Kier molecular flexibility index (Phi) is 5.56. The Labute approximate surface area is 143 Å². The molecule has 4 heteroatoms. The van der Waals surface area contributed by atoms with E-state index in [1.165, 1.54) is 25.7 Å². The summed E-state index contributed by atoms with van der Waals surface area (Å²) in [6, 6.07) is 6.41. The molecule has 0 atom stereocenters. The molecule has 1 saturated carbocycles. The van der Waals surface area contributed by atoms with Crippen molar-refractivity contribution < 1.29 is 4.74 Å². The quantitative estimate of drug-likeness (QED) is 0.790. The van der Waals surface area contributed by atoms with E-state index in [2.05, 4.69) is 17.2 Å². The van der Waals surface area contributed by atoms with E-state index in [1.807, 2.05) is 25.1 Å². The summed E-state index contributed by atoms with van der Waals surface area (Å²) in [7, 11) is 0. The first-order valence-electron chi connectivity index (χ1n) is 9.20. The van der Waals surface area contributed by atoms with Crippen LogP contribution >= 0.6 is 0 Å². The van der Waals surface area contributed by atoms with E-state index in [4.69, 9.17) is 4.74 Å². The summed E-state index contributed by atoms with van der Waals surface area (Å²) in [6.45, 7) is 5.40. The van der Waals surface area contributed by atoms with E-state index in [9.17, 15) is 4.79 Å². The van der Waals surface area contributed by atoms with Gasteiger partial charge in [-0.3, -0.25) is 4.79 Å². The number of rotatable bonds is 6. The molecular weight excluding hydrogens is 300 g/mol. The number of unbranched alkanes of at least 4 members (excludes halogenated alkanes) is 1. The Bertz CT molecular complexity index is 730. The molecule has 0 spiro atoms. The van der Waals surface area contributed by atoms with Crippen molar-refractivity contribution in [1.29, 1.82) is 0 Å². The van der Waals surface area contributed by atoms with Crippen molar-refractivity contribution in [3.05, 3.63) is 40.3 Å². The zero-order valence-corrected chi connectivity index (χ0v) is 14.7. The average Bonchev–Trinajstić information content (AvgIpc) is 2.60. The molecule has 1 aliphatic carbocycles. The molecule has 1 aromatic carbocycles. The SMILES string of the molecule is CCCCNC1CCC(Oc2ccc3c(=O)[nH]ccc3c2C)CC1. The number of ether oxygens (including phenoxy) is 1. The lowest BCUT2D eigenvalue weighted by Crippen LogP contribution is -2.36. The Morgan fingerprint density at radius 1 is 1.17 bits per heavy atom. The fourth-order valence-electron chi connectivity index (χ4n) is 3.57. The number of fused-ring (bicyclic) bond motifs is 1. The topological polar surface area (TPSA) is 54.1 Å². The number of aromatic amines is 1. The van der Waals surface area contributed by atoms with Gasteiger partial charge in [0.2, 0.25) is 0 Å². The standard InChI is InChI=1S/C20H28N2O2/c1-3-4-12-21-15-5-7-16(8-6-15)24-19-10-9-18-17(14(19)2)11-13-22-20(18)23/h9-11,13,15-16,21H,3-8,12H2,1-2H3,(H,22,23). The maximum Gasteiger partial charge on any atom is 0.255 e. The highest BCUT2D eigenvalue weighted by Crippen LogP contribution is 2.29. The minimum absolute atomic E-state index is 0.0409. The van der Waals surface area contributed by atoms with Crippen LogP contribution < -0.4 is 15.6 Å². The smallest absolute Gasteiger partial charge is 0.255 e. The van der Waals surface area contributed by atoms with Gasteiger partial charge in [0.15, 0.2) is 0 Å². The third-order valence-corrected chi connectivity index (χ3v) is 5.11. The fourth-order valence-corrected chi connectivity index (χ4v) is 3.57. The molecule has 0 radical (unpaired) electrons. The second-order valence-electron chi connectivity index (χ2n) is 6.86. The van der Waals surface area contributed by atoms with Crippen LogP contribution in [0.25, 0.3) is 10.8 Å². The summed E-state index contributed by atoms with van der Waals surface area (Å²) in [6.07, 6.45) is 9.04. The summed E-state index contributed by atoms with van der Waals surface area (Å²) in [5, 5.41) is 5.36. The van der Waals surface area contributed by atoms with E-state index in [1.54, 1.807) is 6.20 Å². The summed E-state index contributed by atoms with van der Waals surface area (Å²) in [5.74, 6) is 0.912. The zero-order chi connectivity index (χ0) is 16.9. The average molecular weight is 328 g/mol. The van der Waals surface area contributed by atoms with Gasteiger partial charge < -0.3 is 15.0 Å². The lowest BCUT2D eigenvalue weighted by molar-refractivity contribution is 0.139. The summed E-state index contributed by atoms with van der Waals surface area (Å²) < 4.78 is 6.27. The molecule has 2 N–H and O–H groups in total. The van der Waals surface area contributed by atoms with Gasteiger partial charge in [-0.1, -0.05) is 13.3 Å². The van der Waals surface area contributed by atoms with Crippen molar-refractivity contribution in [3.8, 4) is 5.75 Å². The van der Waals surface area contributed by atoms with E-state index in [0.29, 0.717) is 6.04 Å². The second-order valence-corrected chi connectivity index (χ2v) is 6.86. The molecule has 1 aliphatic rings. The van der Waals surface area contributed by atoms with Gasteiger partial charge in [0.25, 0.3) is 5.56 Å². The van der Waals surface area contributed by atoms with Crippen LogP contribution in [0.2, 0.25) is 0 Å². The first kappa shape index (κ1) is 17.0. The van der Waals surface area contributed by atoms with Crippen molar-refractivity contribution in [3.63, 3.8) is 0 Å². The number of H-pyrrole nitrogens is 1. The number of aromatic nitrogens is 1. The largest absolute Gasteiger partial charge is 0.490 e. The molecule has 1 aromatic heterocycles. The van der Waals surface area contributed by atoms with Crippen LogP contribution in [0.1, 0.15) is 51.0 Å². The van der Waals surface area contributed by atoms with Crippen LogP contribution in [0.15, 0.2) is 29.2 Å². The Balaban J connectivity index is 1.62. The van der Waals surface area contributed by atoms with Crippen LogP contribution in [0, 0.1) is 6.92 Å². The van der Waals surface area contributed by atoms with Crippen LogP contribution in [0.4, 0.5) is 0 Å². The van der Waals surface area contributed by atoms with Crippen molar-refractivity contribution in [1.82, 2.24) is 10.3 Å².